The fourth-order valence-electron chi connectivity index (χ4n) is 9.30. The molecule has 0 aliphatic carbocycles. The molecule has 0 fully saturated rings. The largest absolute Gasteiger partial charge is 0.425 e. The van der Waals surface area contributed by atoms with E-state index in [0.717, 1.165) is 0 Å². The number of hydrogen-bond acceptors (Lipinski definition) is 19. The van der Waals surface area contributed by atoms with E-state index in [4.69, 9.17) is 0 Å². The third-order valence-corrected chi connectivity index (χ3v) is 14.8. The molecule has 0 saturated heterocycles. The summed E-state index contributed by atoms with van der Waals surface area (Å²) in [4.78, 5) is 170. The van der Waals surface area contributed by atoms with Crippen molar-refractivity contribution in [1.82, 2.24) is 81.9 Å². The minimum Gasteiger partial charge on any atom is -0.425 e. The van der Waals surface area contributed by atoms with Gasteiger partial charge in [-0.15, -0.1) is 14.2 Å². The molecule has 31 nitrogen and oxygen atoms in total. The molecule has 91 heavy (non-hydrogen) atoms. The molecule has 12 N–H and O–H groups in total. The van der Waals surface area contributed by atoms with Gasteiger partial charge in [0.05, 0.1) is 34.2 Å². The molecule has 0 aromatic carbocycles. The van der Waals surface area contributed by atoms with Gasteiger partial charge in [-0.2, -0.15) is 0 Å². The summed E-state index contributed by atoms with van der Waals surface area (Å²) in [6, 6.07) is -2.83. The topological polar surface area (TPSA) is 430 Å². The van der Waals surface area contributed by atoms with Gasteiger partial charge in [0.1, 0.15) is 35.2 Å². The number of nitrogens with zero attached hydrogens (tertiary/aromatic N) is 7. The lowest BCUT2D eigenvalue weighted by Gasteiger charge is -2.23. The number of aryl methyl sites for hydroxylation is 6. The first-order valence-corrected chi connectivity index (χ1v) is 30.9. The molecule has 0 saturated carbocycles. The van der Waals surface area contributed by atoms with Crippen molar-refractivity contribution in [2.24, 2.45) is 17.8 Å². The van der Waals surface area contributed by atoms with E-state index in [1.807, 2.05) is 46.4 Å². The van der Waals surface area contributed by atoms with Crippen LogP contribution in [0.25, 0.3) is 0 Å². The first-order valence-electron chi connectivity index (χ1n) is 30.9. The van der Waals surface area contributed by atoms with Crippen LogP contribution in [-0.4, -0.2) is 180 Å². The van der Waals surface area contributed by atoms with E-state index in [9.17, 15) is 73.2 Å². The Bertz CT molecular complexity index is 2880. The quantitative estimate of drug-likeness (QED) is 0.0301. The highest BCUT2D eigenvalue weighted by atomic mass is 16.5. The lowest BCUT2D eigenvalue weighted by atomic mass is 10.0. The number of rotatable bonds is 39. The van der Waals surface area contributed by atoms with E-state index in [2.05, 4.69) is 62.8 Å². The summed E-state index contributed by atoms with van der Waals surface area (Å²) in [6.45, 7) is 21.6. The minimum absolute atomic E-state index is 0.00302. The second-order valence-electron chi connectivity index (χ2n) is 23.8. The highest BCUT2D eigenvalue weighted by Gasteiger charge is 2.26. The predicted octanol–water partition coefficient (Wildman–Crippen LogP) is -1.12. The molecular weight excluding hydrogens is 1180 g/mol. The van der Waals surface area contributed by atoms with Crippen LogP contribution in [0.3, 0.4) is 0 Å². The maximum absolute atomic E-state index is 13.3. The third kappa shape index (κ3) is 26.7. The van der Waals surface area contributed by atoms with Crippen molar-refractivity contribution in [3.8, 4) is 0 Å². The van der Waals surface area contributed by atoms with E-state index in [0.29, 0.717) is 31.3 Å². The molecule has 0 bridgehead atoms. The maximum Gasteiger partial charge on any atom is 0.304 e. The number of hydrogen-bond donors (Lipinski definition) is 12. The zero-order chi connectivity index (χ0) is 68.2. The Labute approximate surface area is 529 Å². The monoisotopic (exact) mass is 1280 g/mol. The smallest absolute Gasteiger partial charge is 0.304 e. The molecule has 9 amide bonds. The molecule has 3 atom stereocenters. The average Bonchev–Trinajstić information content (AvgIpc) is 1.94. The number of amides is 9. The maximum atomic E-state index is 13.3. The predicted molar refractivity (Wildman–Crippen MR) is 333 cm³/mol. The van der Waals surface area contributed by atoms with Crippen molar-refractivity contribution in [3.63, 3.8) is 0 Å². The SMILES string of the molecule is Cc1nc(CCC(=O)N[C@H](CC(C)C)C(=O)NCCC(=O)NCCN(CCNC(=O)CCNC(=O)[C@@H](CC(C)C)NC(=O)CCc2nc(C)c(C)n(O)c2=O)CCNC(=O)CCNC(=O)[C@@H](CC(C)C)NC(=O)CCc2nc(C)c(C)n(O)c2=O)c(=O)n(O)c1C. The molecule has 3 rings (SSSR count). The Morgan fingerprint density at radius 1 is 0.374 bits per heavy atom. The van der Waals surface area contributed by atoms with Gasteiger partial charge in [0.25, 0.3) is 0 Å². The second kappa shape index (κ2) is 38.0. The zero-order valence-electron chi connectivity index (χ0n) is 54.7. The lowest BCUT2D eigenvalue weighted by Crippen LogP contribution is -2.48. The summed E-state index contributed by atoms with van der Waals surface area (Å²) in [5.41, 5.74) is -0.156. The van der Waals surface area contributed by atoms with Crippen LogP contribution in [0.15, 0.2) is 14.4 Å². The van der Waals surface area contributed by atoms with Crippen molar-refractivity contribution in [3.05, 3.63) is 82.3 Å². The first-order chi connectivity index (χ1) is 42.8. The Balaban J connectivity index is 1.57. The third-order valence-electron chi connectivity index (χ3n) is 14.8. The van der Waals surface area contributed by atoms with Crippen LogP contribution in [0.4, 0.5) is 0 Å². The van der Waals surface area contributed by atoms with Gasteiger partial charge in [-0.1, -0.05) is 41.5 Å². The van der Waals surface area contributed by atoms with Gasteiger partial charge in [-0.05, 0) is 78.6 Å². The van der Waals surface area contributed by atoms with Crippen LogP contribution >= 0.6 is 0 Å². The van der Waals surface area contributed by atoms with E-state index in [-0.39, 0.29) is 188 Å². The van der Waals surface area contributed by atoms with E-state index >= 15 is 0 Å². The molecule has 31 heteroatoms. The fraction of sp³-hybridized carbons (Fsp3) is 0.650. The standard InChI is InChI=1S/C60H96N16O15/c1-34(2)31-46(70-52(80)16-13-43-58(86)74(89)40(10)37(7)67-43)55(83)64-22-19-49(77)61-25-28-73(29-26-62-50(78)20-23-65-56(84)47(32-35(3)4)71-53(81)17-14-44-59(87)75(90)41(11)38(8)68-44)30-27-63-51(79)21-24-66-57(85)48(33-36(5)6)72-54(82)18-15-45-60(88)76(91)42(12)39(9)69-45/h34-36,46-48,89-91H,13-33H2,1-12H3,(H,61,77)(H,62,78)(H,63,79)(H,64,83)(H,65,84)(H,66,85)(H,70,80)(H,71,81)(H,72,82)/t46-,47-,48-/m1/s1. The lowest BCUT2D eigenvalue weighted by molar-refractivity contribution is -0.129. The van der Waals surface area contributed by atoms with E-state index in [1.54, 1.807) is 20.8 Å². The minimum atomic E-state index is -0.942. The highest BCUT2D eigenvalue weighted by molar-refractivity contribution is 5.90. The highest BCUT2D eigenvalue weighted by Crippen LogP contribution is 2.11. The summed E-state index contributed by atoms with van der Waals surface area (Å²) < 4.78 is 1.44. The van der Waals surface area contributed by atoms with E-state index < -0.39 is 88.0 Å². The van der Waals surface area contributed by atoms with Gasteiger partial charge in [0.2, 0.25) is 53.2 Å². The van der Waals surface area contributed by atoms with Gasteiger partial charge in [-0.25, -0.2) is 0 Å². The molecular formula is C60H96N16O15. The van der Waals surface area contributed by atoms with Crippen molar-refractivity contribution in [2.75, 3.05) is 58.9 Å². The molecule has 0 spiro atoms. The Morgan fingerprint density at radius 3 is 0.846 bits per heavy atom. The summed E-state index contributed by atoms with van der Waals surface area (Å²) in [5.74, 6) is -4.31. The van der Waals surface area contributed by atoms with Crippen molar-refractivity contribution < 1.29 is 58.8 Å². The van der Waals surface area contributed by atoms with Crippen LogP contribution in [-0.2, 0) is 62.4 Å². The molecule has 3 aromatic rings. The van der Waals surface area contributed by atoms with Gasteiger partial charge in [-0.3, -0.25) is 77.4 Å². The van der Waals surface area contributed by atoms with Crippen LogP contribution in [0.2, 0.25) is 0 Å². The average molecular weight is 1280 g/mol. The fourth-order valence-corrected chi connectivity index (χ4v) is 9.30. The Hall–Kier alpha value is -8.77. The number of aromatic nitrogens is 6. The zero-order valence-corrected chi connectivity index (χ0v) is 54.7. The van der Waals surface area contributed by atoms with Crippen LogP contribution in [0.5, 0.6) is 0 Å². The van der Waals surface area contributed by atoms with Crippen LogP contribution < -0.4 is 64.5 Å². The normalized spacial score (nSPS) is 12.3. The van der Waals surface area contributed by atoms with E-state index in [1.165, 1.54) is 20.8 Å². The Morgan fingerprint density at radius 2 is 0.615 bits per heavy atom. The molecule has 0 unspecified atom stereocenters. The van der Waals surface area contributed by atoms with Crippen molar-refractivity contribution in [1.29, 1.82) is 0 Å². The second-order valence-corrected chi connectivity index (χ2v) is 23.8. The number of carbonyl (C=O) groups is 9. The molecule has 0 radical (unpaired) electrons. The summed E-state index contributed by atoms with van der Waals surface area (Å²) in [6.07, 6.45) is -0.260. The first kappa shape index (κ1) is 76.5. The molecule has 506 valence electrons. The van der Waals surface area contributed by atoms with Crippen molar-refractivity contribution in [2.45, 2.75) is 178 Å². The van der Waals surface area contributed by atoms with Crippen molar-refractivity contribution >= 4 is 53.2 Å². The number of nitrogens with one attached hydrogen (secondary N) is 9. The molecule has 3 heterocycles. The summed E-state index contributed by atoms with van der Waals surface area (Å²) >= 11 is 0. The molecule has 0 aliphatic heterocycles. The van der Waals surface area contributed by atoms with Gasteiger partial charge in [0, 0.05) is 117 Å². The molecule has 0 aliphatic rings. The molecule has 3 aromatic heterocycles. The van der Waals surface area contributed by atoms with Gasteiger partial charge < -0.3 is 63.5 Å². The summed E-state index contributed by atoms with van der Waals surface area (Å²) in [7, 11) is 0. The van der Waals surface area contributed by atoms with Gasteiger partial charge in [0.15, 0.2) is 0 Å². The number of carbonyl (C=O) groups excluding carboxylic acids is 9. The van der Waals surface area contributed by atoms with Crippen LogP contribution in [0, 0.1) is 59.3 Å². The summed E-state index contributed by atoms with van der Waals surface area (Å²) in [5, 5.41) is 54.8. The van der Waals surface area contributed by atoms with Gasteiger partial charge >= 0.3 is 16.7 Å². The Kier molecular flexibility index (Phi) is 32.0. The van der Waals surface area contributed by atoms with Crippen LogP contribution in [0.1, 0.15) is 151 Å².